The van der Waals surface area contributed by atoms with Crippen LogP contribution in [0.2, 0.25) is 0 Å². The van der Waals surface area contributed by atoms with Gasteiger partial charge in [0.25, 0.3) is 0 Å². The zero-order valence-electron chi connectivity index (χ0n) is 23.9. The summed E-state index contributed by atoms with van der Waals surface area (Å²) in [4.78, 5) is 10.6. The molecule has 2 aromatic carbocycles. The molecule has 8 heteroatoms. The van der Waals surface area contributed by atoms with Gasteiger partial charge in [-0.1, -0.05) is 45.0 Å². The molecule has 3 aromatic heterocycles. The van der Waals surface area contributed by atoms with E-state index in [1.165, 1.54) is 28.1 Å². The Bertz CT molecular complexity index is 1690. The van der Waals surface area contributed by atoms with Crippen LogP contribution >= 0.6 is 11.5 Å². The lowest BCUT2D eigenvalue weighted by atomic mass is 10.00. The van der Waals surface area contributed by atoms with Crippen LogP contribution in [0.25, 0.3) is 33.4 Å². The Labute approximate surface area is 239 Å². The molecule has 0 atom stereocenters. The van der Waals surface area contributed by atoms with Crippen molar-refractivity contribution >= 4 is 33.1 Å². The highest BCUT2D eigenvalue weighted by Gasteiger charge is 2.29. The van der Waals surface area contributed by atoms with E-state index in [1.807, 2.05) is 6.20 Å². The van der Waals surface area contributed by atoms with E-state index in [2.05, 4.69) is 102 Å². The molecular formula is C32H36N6OS. The van der Waals surface area contributed by atoms with Crippen LogP contribution in [0.15, 0.2) is 54.7 Å². The third-order valence-electron chi connectivity index (χ3n) is 7.55. The van der Waals surface area contributed by atoms with Crippen LogP contribution in [0.3, 0.4) is 0 Å². The molecule has 1 aliphatic rings. The standard InChI is InChI=1S/C32H36N6OS/c1-6-22(7-2)31-34-32(40-36-31)37-16-14-27-25(18-37)30(24-11-12-26-23(17-24)13-15-33-26)38(35-27)29-21(5)9-8-10-28(29)39-19-20(3)4/h6,8-13,15,17,20,33H,7,14,16,18-19H2,1-5H3. The number of hydrogen-bond donors (Lipinski definition) is 1. The number of para-hydroxylation sites is 1. The Morgan fingerprint density at radius 2 is 2.08 bits per heavy atom. The predicted molar refractivity (Wildman–Crippen MR) is 165 cm³/mol. The van der Waals surface area contributed by atoms with E-state index >= 15 is 0 Å². The number of aromatic amines is 1. The van der Waals surface area contributed by atoms with Crippen LogP contribution in [0.4, 0.5) is 5.13 Å². The molecule has 7 nitrogen and oxygen atoms in total. The molecule has 0 saturated carbocycles. The monoisotopic (exact) mass is 552 g/mol. The molecule has 0 fully saturated rings. The predicted octanol–water partition coefficient (Wildman–Crippen LogP) is 7.59. The maximum Gasteiger partial charge on any atom is 0.205 e. The van der Waals surface area contributed by atoms with Crippen LogP contribution in [0.5, 0.6) is 5.75 Å². The Morgan fingerprint density at radius 1 is 1.20 bits per heavy atom. The number of H-pyrrole nitrogens is 1. The summed E-state index contributed by atoms with van der Waals surface area (Å²) in [6.07, 6.45) is 5.87. The van der Waals surface area contributed by atoms with Gasteiger partial charge in [0.15, 0.2) is 5.82 Å². The summed E-state index contributed by atoms with van der Waals surface area (Å²) in [5, 5.41) is 7.41. The van der Waals surface area contributed by atoms with Crippen molar-refractivity contribution in [3.63, 3.8) is 0 Å². The highest BCUT2D eigenvalue weighted by atomic mass is 32.1. The summed E-state index contributed by atoms with van der Waals surface area (Å²) in [6.45, 7) is 12.9. The van der Waals surface area contributed by atoms with Gasteiger partial charge in [0.05, 0.1) is 18.0 Å². The summed E-state index contributed by atoms with van der Waals surface area (Å²) >= 11 is 1.48. The number of benzene rings is 2. The van der Waals surface area contributed by atoms with Crippen LogP contribution in [-0.2, 0) is 13.0 Å². The largest absolute Gasteiger partial charge is 0.491 e. The first kappa shape index (κ1) is 26.3. The summed E-state index contributed by atoms with van der Waals surface area (Å²) in [7, 11) is 0. The van der Waals surface area contributed by atoms with E-state index in [9.17, 15) is 0 Å². The lowest BCUT2D eigenvalue weighted by molar-refractivity contribution is 0.270. The minimum absolute atomic E-state index is 0.427. The maximum absolute atomic E-state index is 6.35. The molecule has 40 heavy (non-hydrogen) atoms. The summed E-state index contributed by atoms with van der Waals surface area (Å²) in [6, 6.07) is 15.0. The van der Waals surface area contributed by atoms with Crippen LogP contribution in [0.1, 0.15) is 56.8 Å². The lowest BCUT2D eigenvalue weighted by Gasteiger charge is -2.26. The average molecular weight is 553 g/mol. The number of nitrogens with one attached hydrogen (secondary N) is 1. The number of fused-ring (bicyclic) bond motifs is 2. The van der Waals surface area contributed by atoms with E-state index in [0.717, 1.165) is 76.4 Å². The minimum atomic E-state index is 0.427. The van der Waals surface area contributed by atoms with Gasteiger partial charge in [0, 0.05) is 59.3 Å². The Morgan fingerprint density at radius 3 is 2.88 bits per heavy atom. The number of aromatic nitrogens is 5. The normalized spacial score (nSPS) is 13.8. The molecule has 1 N–H and O–H groups in total. The van der Waals surface area contributed by atoms with Gasteiger partial charge in [-0.25, -0.2) is 4.68 Å². The van der Waals surface area contributed by atoms with Gasteiger partial charge >= 0.3 is 0 Å². The van der Waals surface area contributed by atoms with Crippen molar-refractivity contribution in [2.24, 2.45) is 5.92 Å². The van der Waals surface area contributed by atoms with Crippen molar-refractivity contribution in [3.05, 3.63) is 77.4 Å². The van der Waals surface area contributed by atoms with Gasteiger partial charge in [-0.05, 0) is 61.6 Å². The van der Waals surface area contributed by atoms with Crippen LogP contribution in [0, 0.1) is 12.8 Å². The van der Waals surface area contributed by atoms with Crippen molar-refractivity contribution in [3.8, 4) is 22.7 Å². The van der Waals surface area contributed by atoms with Gasteiger partial charge < -0.3 is 14.6 Å². The summed E-state index contributed by atoms with van der Waals surface area (Å²) in [5.74, 6) is 2.13. The van der Waals surface area contributed by atoms with Crippen LogP contribution in [-0.4, -0.2) is 37.3 Å². The second kappa shape index (κ2) is 10.9. The molecule has 0 unspecified atom stereocenters. The van der Waals surface area contributed by atoms with Gasteiger partial charge in [0.1, 0.15) is 11.4 Å². The molecule has 6 rings (SSSR count). The van der Waals surface area contributed by atoms with E-state index in [4.69, 9.17) is 14.8 Å². The lowest BCUT2D eigenvalue weighted by Crippen LogP contribution is -2.30. The summed E-state index contributed by atoms with van der Waals surface area (Å²) < 4.78 is 13.2. The Balaban J connectivity index is 1.49. The molecule has 0 aliphatic carbocycles. The second-order valence-electron chi connectivity index (χ2n) is 10.8. The average Bonchev–Trinajstić information content (AvgIpc) is 3.70. The zero-order valence-corrected chi connectivity index (χ0v) is 24.7. The quantitative estimate of drug-likeness (QED) is 0.215. The number of aryl methyl sites for hydroxylation is 1. The molecule has 0 bridgehead atoms. The van der Waals surface area contributed by atoms with E-state index in [-0.39, 0.29) is 0 Å². The first-order valence-electron chi connectivity index (χ1n) is 14.1. The number of rotatable bonds is 8. The zero-order chi connectivity index (χ0) is 27.8. The van der Waals surface area contributed by atoms with Crippen molar-refractivity contribution in [2.75, 3.05) is 18.1 Å². The van der Waals surface area contributed by atoms with Crippen LogP contribution < -0.4 is 9.64 Å². The summed E-state index contributed by atoms with van der Waals surface area (Å²) in [5.41, 5.74) is 9.06. The van der Waals surface area contributed by atoms with Gasteiger partial charge in [-0.2, -0.15) is 14.5 Å². The fraction of sp³-hybridized carbons (Fsp3) is 0.344. The third-order valence-corrected chi connectivity index (χ3v) is 8.33. The van der Waals surface area contributed by atoms with Crippen molar-refractivity contribution < 1.29 is 4.74 Å². The first-order valence-corrected chi connectivity index (χ1v) is 14.9. The Kier molecular flexibility index (Phi) is 7.19. The maximum atomic E-state index is 6.35. The number of nitrogens with zero attached hydrogens (tertiary/aromatic N) is 5. The highest BCUT2D eigenvalue weighted by molar-refractivity contribution is 7.09. The number of anilines is 1. The molecule has 1 aliphatic heterocycles. The van der Waals surface area contributed by atoms with Crippen molar-refractivity contribution in [1.82, 2.24) is 24.1 Å². The molecule has 0 spiro atoms. The fourth-order valence-corrected chi connectivity index (χ4v) is 6.16. The van der Waals surface area contributed by atoms with E-state index < -0.39 is 0 Å². The first-order chi connectivity index (χ1) is 19.5. The smallest absolute Gasteiger partial charge is 0.205 e. The highest BCUT2D eigenvalue weighted by Crippen LogP contribution is 2.39. The fourth-order valence-electron chi connectivity index (χ4n) is 5.44. The van der Waals surface area contributed by atoms with Crippen molar-refractivity contribution in [2.45, 2.75) is 54.0 Å². The molecule has 206 valence electrons. The Hall–Kier alpha value is -3.91. The molecule has 0 amide bonds. The molecule has 0 saturated heterocycles. The van der Waals surface area contributed by atoms with Gasteiger partial charge in [0.2, 0.25) is 5.13 Å². The van der Waals surface area contributed by atoms with Gasteiger partial charge in [-0.3, -0.25) is 0 Å². The number of ether oxygens (including phenoxy) is 1. The second-order valence-corrected chi connectivity index (χ2v) is 11.6. The molecule has 4 heterocycles. The SMILES string of the molecule is CC=C(CC)c1nsc(N2CCc3nn(-c4c(C)cccc4OCC(C)C)c(-c4ccc5[nH]ccc5c4)c3C2)n1. The van der Waals surface area contributed by atoms with E-state index in [0.29, 0.717) is 12.5 Å². The third kappa shape index (κ3) is 4.81. The minimum Gasteiger partial charge on any atom is -0.491 e. The van der Waals surface area contributed by atoms with Crippen molar-refractivity contribution in [1.29, 1.82) is 0 Å². The van der Waals surface area contributed by atoms with Gasteiger partial charge in [-0.15, -0.1) is 0 Å². The topological polar surface area (TPSA) is 71.9 Å². The number of hydrogen-bond acceptors (Lipinski definition) is 6. The number of allylic oxidation sites excluding steroid dienone is 2. The molecule has 5 aromatic rings. The molecule has 0 radical (unpaired) electrons. The molecular weight excluding hydrogens is 516 g/mol. The van der Waals surface area contributed by atoms with E-state index in [1.54, 1.807) is 0 Å².